The number of carbonyl (C=O) groups is 4. The molecule has 0 radical (unpaired) electrons. The summed E-state index contributed by atoms with van der Waals surface area (Å²) >= 11 is 0. The minimum Gasteiger partial charge on any atom is -0.488 e. The zero-order valence-electron chi connectivity index (χ0n) is 39.0. The molecular formula is C52H58N8O9. The van der Waals surface area contributed by atoms with Gasteiger partial charge in [-0.25, -0.2) is 19.6 Å². The molecular weight excluding hydrogens is 881 g/mol. The molecule has 17 nitrogen and oxygen atoms in total. The van der Waals surface area contributed by atoms with Crippen molar-refractivity contribution in [2.24, 2.45) is 5.92 Å². The number of H-pyrrole nitrogens is 2. The molecule has 69 heavy (non-hydrogen) atoms. The van der Waals surface area contributed by atoms with E-state index in [1.165, 1.54) is 32.6 Å². The molecule has 0 unspecified atom stereocenters. The molecule has 4 N–H and O–H groups in total. The number of likely N-dealkylation sites (tertiary alicyclic amines) is 2. The zero-order valence-corrected chi connectivity index (χ0v) is 39.0. The summed E-state index contributed by atoms with van der Waals surface area (Å²) in [6.07, 6.45) is 11.4. The van der Waals surface area contributed by atoms with Crippen LogP contribution in [0, 0.1) is 5.92 Å². The van der Waals surface area contributed by atoms with Crippen LogP contribution in [0.25, 0.3) is 33.6 Å². The number of nitrogens with one attached hydrogen (secondary N) is 4. The Kier molecular flexibility index (Phi) is 12.2. The molecule has 4 atom stereocenters. The Hall–Kier alpha value is -6.88. The molecule has 3 aromatic carbocycles. The number of imidazole rings is 2. The lowest BCUT2D eigenvalue weighted by Crippen LogP contribution is -2.53. The highest BCUT2D eigenvalue weighted by atomic mass is 16.5. The number of hydrogen-bond donors (Lipinski definition) is 4. The lowest BCUT2D eigenvalue weighted by Gasteiger charge is -2.34. The van der Waals surface area contributed by atoms with E-state index in [1.807, 2.05) is 34.1 Å². The van der Waals surface area contributed by atoms with Gasteiger partial charge in [0.05, 0.1) is 50.1 Å². The minimum atomic E-state index is -0.902. The van der Waals surface area contributed by atoms with E-state index in [0.717, 1.165) is 100 Å². The number of ether oxygens (including phenoxy) is 5. The number of amides is 4. The van der Waals surface area contributed by atoms with E-state index < -0.39 is 24.3 Å². The van der Waals surface area contributed by atoms with Gasteiger partial charge in [-0.1, -0.05) is 37.1 Å². The van der Waals surface area contributed by atoms with E-state index >= 15 is 0 Å². The van der Waals surface area contributed by atoms with Gasteiger partial charge in [0.25, 0.3) is 5.91 Å². The zero-order chi connectivity index (χ0) is 47.2. The van der Waals surface area contributed by atoms with Crippen LogP contribution < -0.4 is 20.1 Å². The molecule has 5 aromatic rings. The third-order valence-corrected chi connectivity index (χ3v) is 15.1. The lowest BCUT2D eigenvalue weighted by molar-refractivity contribution is -0.137. The van der Waals surface area contributed by atoms with Gasteiger partial charge in [0.15, 0.2) is 0 Å². The van der Waals surface area contributed by atoms with Crippen molar-refractivity contribution in [2.45, 2.75) is 108 Å². The third kappa shape index (κ3) is 8.54. The number of alkyl carbamates (subject to hydrolysis) is 2. The number of benzene rings is 3. The van der Waals surface area contributed by atoms with Crippen LogP contribution in [0.15, 0.2) is 60.9 Å². The van der Waals surface area contributed by atoms with Gasteiger partial charge in [-0.05, 0) is 98.6 Å². The number of aromatic nitrogens is 4. The van der Waals surface area contributed by atoms with Crippen LogP contribution in [-0.2, 0) is 37.0 Å². The summed E-state index contributed by atoms with van der Waals surface area (Å²) in [4.78, 5) is 74.0. The summed E-state index contributed by atoms with van der Waals surface area (Å²) in [5, 5.41) is 5.66. The fourth-order valence-corrected chi connectivity index (χ4v) is 11.6. The van der Waals surface area contributed by atoms with Crippen molar-refractivity contribution in [3.63, 3.8) is 0 Å². The summed E-state index contributed by atoms with van der Waals surface area (Å²) in [5.74, 6) is 2.96. The van der Waals surface area contributed by atoms with E-state index in [-0.39, 0.29) is 29.8 Å². The Bertz CT molecular complexity index is 2720. The van der Waals surface area contributed by atoms with Crippen LogP contribution >= 0.6 is 0 Å². The quantitative estimate of drug-likeness (QED) is 0.0996. The molecule has 0 spiro atoms. The second-order valence-electron chi connectivity index (χ2n) is 19.1. The highest BCUT2D eigenvalue weighted by Gasteiger charge is 2.41. The summed E-state index contributed by atoms with van der Waals surface area (Å²) in [5.41, 5.74) is 9.32. The molecule has 17 heteroatoms. The molecule has 3 saturated heterocycles. The van der Waals surface area contributed by atoms with Gasteiger partial charge in [0, 0.05) is 59.7 Å². The maximum atomic E-state index is 14.5. The first-order valence-electron chi connectivity index (χ1n) is 24.4. The Morgan fingerprint density at radius 3 is 1.83 bits per heavy atom. The van der Waals surface area contributed by atoms with Gasteiger partial charge in [0.1, 0.15) is 48.4 Å². The van der Waals surface area contributed by atoms with Crippen LogP contribution in [0.1, 0.15) is 122 Å². The number of carbonyl (C=O) groups excluding carboxylic acids is 4. The summed E-state index contributed by atoms with van der Waals surface area (Å²) < 4.78 is 28.4. The first-order valence-corrected chi connectivity index (χ1v) is 24.4. The number of methoxy groups -OCH3 is 2. The predicted molar refractivity (Wildman–Crippen MR) is 252 cm³/mol. The van der Waals surface area contributed by atoms with E-state index in [0.29, 0.717) is 69.9 Å². The van der Waals surface area contributed by atoms with Crippen LogP contribution in [0.3, 0.4) is 0 Å². The van der Waals surface area contributed by atoms with E-state index in [2.05, 4.69) is 44.9 Å². The molecule has 0 bridgehead atoms. The maximum absolute atomic E-state index is 14.5. The fourth-order valence-electron chi connectivity index (χ4n) is 11.6. The molecule has 4 fully saturated rings. The van der Waals surface area contributed by atoms with E-state index in [9.17, 15) is 19.2 Å². The van der Waals surface area contributed by atoms with Crippen LogP contribution in [0.2, 0.25) is 0 Å². The van der Waals surface area contributed by atoms with Gasteiger partial charge in [-0.3, -0.25) is 9.59 Å². The van der Waals surface area contributed by atoms with Crippen molar-refractivity contribution in [3.8, 4) is 45.1 Å². The molecule has 1 aliphatic carbocycles. The van der Waals surface area contributed by atoms with Gasteiger partial charge in [-0.15, -0.1) is 0 Å². The Morgan fingerprint density at radius 2 is 1.25 bits per heavy atom. The number of nitrogens with zero attached hydrogens (tertiary/aromatic N) is 4. The molecule has 1 saturated carbocycles. The fraction of sp³-hybridized carbons (Fsp3) is 0.462. The Morgan fingerprint density at radius 1 is 0.681 bits per heavy atom. The second kappa shape index (κ2) is 18.9. The van der Waals surface area contributed by atoms with Crippen molar-refractivity contribution < 1.29 is 42.9 Å². The van der Waals surface area contributed by atoms with Gasteiger partial charge < -0.3 is 54.1 Å². The maximum Gasteiger partial charge on any atom is 0.407 e. The van der Waals surface area contributed by atoms with E-state index in [4.69, 9.17) is 33.7 Å². The van der Waals surface area contributed by atoms with Crippen molar-refractivity contribution in [3.05, 3.63) is 94.8 Å². The standard InChI is InChI=1S/C52H58N8O9/c1-65-51(63)57-45(30-14-18-67-19-15-30)49(61)59-16-6-12-39(59)47-53-25-37(55-47)33-21-35-27-69-42-24-34(22-36-28-68-41(23-33)43(35)44(36)42)38-26-54-48(56-38)40-13-7-17-60(40)50(62)46(58-52(64)66-2)32-11-5-10-31(20-32)29-8-3-4-9-29/h5,10-11,20-26,29-30,39-40,45-46H,3-4,6-9,12-19,27-28H2,1-2H3,(H,53,55)(H,54,56)(H,57,63)(H,58,64)/t39-,40-,45-,46+/m0/s1. The SMILES string of the molecule is COC(=O)N[C@H](C(=O)N1CCC[C@H]1c1ncc(-c2cc3c4c(c2)OCc2cc(-c5cnc([C@@H]6CCCN6C(=O)[C@H](NC(=O)OC)c6cccc(C7CCCC7)c6)[nH]5)cc(c2-4)OC3)[nH]1)C1CCOCC1. The number of aromatic amines is 2. The molecule has 11 rings (SSSR count). The first kappa shape index (κ1) is 44.6. The van der Waals surface area contributed by atoms with Crippen LogP contribution in [0.4, 0.5) is 9.59 Å². The average Bonchev–Trinajstić information content (AvgIpc) is 4.26. The third-order valence-electron chi connectivity index (χ3n) is 15.1. The van der Waals surface area contributed by atoms with Gasteiger partial charge >= 0.3 is 12.2 Å². The van der Waals surface area contributed by atoms with Crippen LogP contribution in [-0.4, -0.2) is 100 Å². The largest absolute Gasteiger partial charge is 0.488 e. The number of hydrogen-bond acceptors (Lipinski definition) is 11. The highest BCUT2D eigenvalue weighted by Crippen LogP contribution is 2.51. The summed E-state index contributed by atoms with van der Waals surface area (Å²) in [6, 6.07) is 14.2. The topological polar surface area (TPSA) is 202 Å². The predicted octanol–water partition coefficient (Wildman–Crippen LogP) is 8.15. The number of rotatable bonds is 11. The second-order valence-corrected chi connectivity index (χ2v) is 19.1. The summed E-state index contributed by atoms with van der Waals surface area (Å²) in [6.45, 7) is 2.86. The summed E-state index contributed by atoms with van der Waals surface area (Å²) in [7, 11) is 2.61. The van der Waals surface area contributed by atoms with Gasteiger partial charge in [0.2, 0.25) is 5.91 Å². The monoisotopic (exact) mass is 938 g/mol. The molecule has 5 aliphatic heterocycles. The molecule has 4 amide bonds. The van der Waals surface area contributed by atoms with Crippen molar-refractivity contribution >= 4 is 24.0 Å². The lowest BCUT2D eigenvalue weighted by atomic mass is 9.87. The normalized spacial score (nSPS) is 20.7. The average molecular weight is 939 g/mol. The Labute approximate surface area is 400 Å². The highest BCUT2D eigenvalue weighted by molar-refractivity contribution is 5.90. The molecule has 7 heterocycles. The smallest absolute Gasteiger partial charge is 0.407 e. The van der Waals surface area contributed by atoms with Crippen molar-refractivity contribution in [2.75, 3.05) is 40.5 Å². The van der Waals surface area contributed by atoms with Crippen molar-refractivity contribution in [1.82, 2.24) is 40.4 Å². The molecule has 6 aliphatic rings. The van der Waals surface area contributed by atoms with E-state index in [1.54, 1.807) is 12.4 Å². The Balaban J connectivity index is 0.813. The van der Waals surface area contributed by atoms with Gasteiger partial charge in [-0.2, -0.15) is 0 Å². The molecule has 360 valence electrons. The molecule has 2 aromatic heterocycles. The first-order chi connectivity index (χ1) is 33.7. The minimum absolute atomic E-state index is 0.0515. The van der Waals surface area contributed by atoms with Crippen LogP contribution in [0.5, 0.6) is 11.5 Å². The van der Waals surface area contributed by atoms with Crippen molar-refractivity contribution in [1.29, 1.82) is 0 Å².